The van der Waals surface area contributed by atoms with Crippen molar-refractivity contribution in [3.05, 3.63) is 53.3 Å². The summed E-state index contributed by atoms with van der Waals surface area (Å²) in [5.74, 6) is -0.957. The predicted octanol–water partition coefficient (Wildman–Crippen LogP) is 3.75. The summed E-state index contributed by atoms with van der Waals surface area (Å²) >= 11 is 0. The maximum Gasteiger partial charge on any atom is 0.416 e. The summed E-state index contributed by atoms with van der Waals surface area (Å²) in [6, 6.07) is 4.73. The molecule has 1 N–H and O–H groups in total. The molecule has 0 atom stereocenters. The van der Waals surface area contributed by atoms with Crippen LogP contribution in [-0.4, -0.2) is 10.9 Å². The summed E-state index contributed by atoms with van der Waals surface area (Å²) in [5.41, 5.74) is -0.415. The van der Waals surface area contributed by atoms with Crippen LogP contribution in [-0.2, 0) is 11.0 Å². The largest absolute Gasteiger partial charge is 0.504 e. The van der Waals surface area contributed by atoms with E-state index in [1.165, 1.54) is 31.2 Å². The Morgan fingerprint density at radius 2 is 2.00 bits per heavy atom. The molecule has 0 heterocycles. The Kier molecular flexibility index (Phi) is 4.31. The molecule has 1 aromatic carbocycles. The lowest BCUT2D eigenvalue weighted by Crippen LogP contribution is -2.04. The number of ketones is 1. The smallest absolute Gasteiger partial charge is 0.416 e. The van der Waals surface area contributed by atoms with Crippen molar-refractivity contribution in [1.82, 2.24) is 0 Å². The van der Waals surface area contributed by atoms with Crippen LogP contribution < -0.4 is 0 Å². The van der Waals surface area contributed by atoms with Crippen molar-refractivity contribution >= 4 is 11.9 Å². The van der Waals surface area contributed by atoms with E-state index < -0.39 is 23.3 Å². The van der Waals surface area contributed by atoms with Gasteiger partial charge in [-0.2, -0.15) is 13.2 Å². The predicted molar refractivity (Wildman–Crippen MR) is 61.9 cm³/mol. The van der Waals surface area contributed by atoms with E-state index in [4.69, 9.17) is 5.11 Å². The molecule has 2 nitrogen and oxygen atoms in total. The Balaban J connectivity index is 2.90. The molecule has 0 amide bonds. The standard InChI is InChI=1S/C13H11F3O2/c1-9(17)12(18)7-3-5-10-4-2-6-11(8-10)13(14,15)16/h2-8,18H,1H3/b5-3+,12-7-. The average Bonchev–Trinajstić information content (AvgIpc) is 2.28. The summed E-state index contributed by atoms with van der Waals surface area (Å²) in [5, 5.41) is 9.07. The molecule has 0 bridgehead atoms. The average molecular weight is 256 g/mol. The Morgan fingerprint density at radius 1 is 1.33 bits per heavy atom. The SMILES string of the molecule is CC(=O)/C(O)=C/C=C/c1cccc(C(F)(F)F)c1. The normalized spacial score (nSPS) is 13.0. The highest BCUT2D eigenvalue weighted by atomic mass is 19.4. The zero-order valence-corrected chi connectivity index (χ0v) is 9.53. The second-order valence-electron chi connectivity index (χ2n) is 3.59. The van der Waals surface area contributed by atoms with E-state index in [2.05, 4.69) is 0 Å². The van der Waals surface area contributed by atoms with Crippen molar-refractivity contribution in [3.63, 3.8) is 0 Å². The first-order valence-corrected chi connectivity index (χ1v) is 5.06. The van der Waals surface area contributed by atoms with Crippen molar-refractivity contribution in [2.24, 2.45) is 0 Å². The first kappa shape index (κ1) is 14.0. The Hall–Kier alpha value is -2.04. The van der Waals surface area contributed by atoms with Gasteiger partial charge in [-0.05, 0) is 23.8 Å². The lowest BCUT2D eigenvalue weighted by molar-refractivity contribution is -0.137. The molecule has 18 heavy (non-hydrogen) atoms. The number of allylic oxidation sites excluding steroid dienone is 3. The number of Topliss-reactive ketones (excluding diaryl/α,β-unsaturated/α-hetero) is 1. The number of rotatable bonds is 3. The van der Waals surface area contributed by atoms with Gasteiger partial charge in [0.2, 0.25) is 0 Å². The molecule has 0 fully saturated rings. The fourth-order valence-corrected chi connectivity index (χ4v) is 1.19. The van der Waals surface area contributed by atoms with Crippen LogP contribution in [0.4, 0.5) is 13.2 Å². The summed E-state index contributed by atoms with van der Waals surface area (Å²) in [4.78, 5) is 10.7. The molecule has 0 aliphatic rings. The molecule has 0 saturated heterocycles. The van der Waals surface area contributed by atoms with E-state index >= 15 is 0 Å². The molecule has 0 unspecified atom stereocenters. The minimum absolute atomic E-state index is 0.331. The first-order valence-electron chi connectivity index (χ1n) is 5.06. The molecular formula is C13H11F3O2. The summed E-state index contributed by atoms with van der Waals surface area (Å²) in [6.45, 7) is 1.18. The van der Waals surface area contributed by atoms with Gasteiger partial charge in [-0.25, -0.2) is 0 Å². The molecular weight excluding hydrogens is 245 g/mol. The second-order valence-corrected chi connectivity index (χ2v) is 3.59. The van der Waals surface area contributed by atoms with Gasteiger partial charge in [-0.15, -0.1) is 0 Å². The number of aliphatic hydroxyl groups excluding tert-OH is 1. The van der Waals surface area contributed by atoms with Gasteiger partial charge in [0.25, 0.3) is 0 Å². The Morgan fingerprint density at radius 3 is 2.56 bits per heavy atom. The van der Waals surface area contributed by atoms with Crippen LogP contribution in [0.1, 0.15) is 18.1 Å². The molecule has 1 aromatic rings. The number of alkyl halides is 3. The number of aliphatic hydroxyl groups is 1. The van der Waals surface area contributed by atoms with Crippen LogP contribution in [0.3, 0.4) is 0 Å². The van der Waals surface area contributed by atoms with Gasteiger partial charge in [-0.1, -0.05) is 24.3 Å². The van der Waals surface area contributed by atoms with Gasteiger partial charge in [0.1, 0.15) is 0 Å². The molecule has 0 radical (unpaired) electrons. The molecule has 1 rings (SSSR count). The van der Waals surface area contributed by atoms with Crippen molar-refractivity contribution < 1.29 is 23.1 Å². The summed E-state index contributed by atoms with van der Waals surface area (Å²) < 4.78 is 37.2. The molecule has 0 aliphatic heterocycles. The number of hydrogen-bond donors (Lipinski definition) is 1. The van der Waals surface area contributed by atoms with Crippen molar-refractivity contribution in [1.29, 1.82) is 0 Å². The van der Waals surface area contributed by atoms with Crippen molar-refractivity contribution in [2.75, 3.05) is 0 Å². The molecule has 0 aromatic heterocycles. The van der Waals surface area contributed by atoms with Gasteiger partial charge in [0, 0.05) is 6.92 Å². The number of hydrogen-bond acceptors (Lipinski definition) is 2. The number of halogens is 3. The van der Waals surface area contributed by atoms with E-state index in [1.807, 2.05) is 0 Å². The second kappa shape index (κ2) is 5.53. The highest BCUT2D eigenvalue weighted by Gasteiger charge is 2.30. The zero-order valence-electron chi connectivity index (χ0n) is 9.53. The topological polar surface area (TPSA) is 37.3 Å². The number of carbonyl (C=O) groups is 1. The molecule has 0 spiro atoms. The summed E-state index contributed by atoms with van der Waals surface area (Å²) in [7, 11) is 0. The van der Waals surface area contributed by atoms with Crippen LogP contribution in [0, 0.1) is 0 Å². The number of carbonyl (C=O) groups excluding carboxylic acids is 1. The van der Waals surface area contributed by atoms with E-state index in [1.54, 1.807) is 0 Å². The van der Waals surface area contributed by atoms with Gasteiger partial charge < -0.3 is 5.11 Å². The monoisotopic (exact) mass is 256 g/mol. The van der Waals surface area contributed by atoms with E-state index in [9.17, 15) is 18.0 Å². The third-order valence-electron chi connectivity index (χ3n) is 2.12. The van der Waals surface area contributed by atoms with E-state index in [0.29, 0.717) is 5.56 Å². The van der Waals surface area contributed by atoms with Crippen LogP contribution in [0.25, 0.3) is 6.08 Å². The van der Waals surface area contributed by atoms with Gasteiger partial charge >= 0.3 is 6.18 Å². The lowest BCUT2D eigenvalue weighted by Gasteiger charge is -2.06. The summed E-state index contributed by atoms with van der Waals surface area (Å²) in [6.07, 6.45) is -0.579. The number of benzene rings is 1. The minimum Gasteiger partial charge on any atom is -0.504 e. The van der Waals surface area contributed by atoms with Crippen molar-refractivity contribution in [2.45, 2.75) is 13.1 Å². The maximum absolute atomic E-state index is 12.4. The van der Waals surface area contributed by atoms with Gasteiger partial charge in [0.05, 0.1) is 5.56 Å². The van der Waals surface area contributed by atoms with Crippen LogP contribution in [0.5, 0.6) is 0 Å². The molecule has 96 valence electrons. The van der Waals surface area contributed by atoms with Gasteiger partial charge in [0.15, 0.2) is 11.5 Å². The third kappa shape index (κ3) is 4.08. The third-order valence-corrected chi connectivity index (χ3v) is 2.12. The van der Waals surface area contributed by atoms with E-state index in [0.717, 1.165) is 18.2 Å². The minimum atomic E-state index is -4.39. The highest BCUT2D eigenvalue weighted by Crippen LogP contribution is 2.29. The highest BCUT2D eigenvalue weighted by molar-refractivity contribution is 5.91. The zero-order chi connectivity index (χ0) is 13.8. The molecule has 5 heteroatoms. The Labute approximate surface area is 102 Å². The quantitative estimate of drug-likeness (QED) is 0.508. The Bertz CT molecular complexity index is 499. The lowest BCUT2D eigenvalue weighted by atomic mass is 10.1. The molecule has 0 saturated carbocycles. The molecule has 0 aliphatic carbocycles. The van der Waals surface area contributed by atoms with E-state index in [-0.39, 0.29) is 0 Å². The first-order chi connectivity index (χ1) is 8.30. The van der Waals surface area contributed by atoms with Gasteiger partial charge in [-0.3, -0.25) is 4.79 Å². The maximum atomic E-state index is 12.4. The fourth-order valence-electron chi connectivity index (χ4n) is 1.19. The van der Waals surface area contributed by atoms with Crippen molar-refractivity contribution in [3.8, 4) is 0 Å². The van der Waals surface area contributed by atoms with Crippen LogP contribution in [0.2, 0.25) is 0 Å². The fraction of sp³-hybridized carbons (Fsp3) is 0.154. The van der Waals surface area contributed by atoms with Crippen LogP contribution in [0.15, 0.2) is 42.2 Å². The van der Waals surface area contributed by atoms with Crippen LogP contribution >= 0.6 is 0 Å².